The maximum atomic E-state index is 13.7. The molecule has 146 valence electrons. The molecule has 4 rings (SSSR count). The summed E-state index contributed by atoms with van der Waals surface area (Å²) in [7, 11) is 1.55. The molecule has 29 heavy (non-hydrogen) atoms. The molecule has 0 atom stereocenters. The quantitative estimate of drug-likeness (QED) is 0.490. The third kappa shape index (κ3) is 4.11. The Kier molecular flexibility index (Phi) is 5.24. The number of hydrogen-bond acceptors (Lipinski definition) is 3. The summed E-state index contributed by atoms with van der Waals surface area (Å²) in [4.78, 5) is 12.3. The molecule has 0 aliphatic heterocycles. The van der Waals surface area contributed by atoms with Crippen LogP contribution in [0.3, 0.4) is 0 Å². The number of nitrogens with one attached hydrogen (secondary N) is 2. The minimum atomic E-state index is -0.336. The molecule has 0 aliphatic rings. The van der Waals surface area contributed by atoms with E-state index in [-0.39, 0.29) is 11.7 Å². The number of ether oxygens (including phenoxy) is 1. The summed E-state index contributed by atoms with van der Waals surface area (Å²) >= 11 is 0. The maximum absolute atomic E-state index is 13.7. The topological polar surface area (TPSA) is 67.0 Å². The lowest BCUT2D eigenvalue weighted by Gasteiger charge is -2.09. The molecule has 2 N–H and O–H groups in total. The van der Waals surface area contributed by atoms with Crippen molar-refractivity contribution >= 4 is 22.6 Å². The van der Waals surface area contributed by atoms with E-state index in [2.05, 4.69) is 15.5 Å². The van der Waals surface area contributed by atoms with Crippen molar-refractivity contribution in [2.24, 2.45) is 0 Å². The van der Waals surface area contributed by atoms with E-state index in [4.69, 9.17) is 4.74 Å². The summed E-state index contributed by atoms with van der Waals surface area (Å²) in [5.74, 6) is 0.630. The van der Waals surface area contributed by atoms with Crippen LogP contribution < -0.4 is 10.1 Å². The predicted octanol–water partition coefficient (Wildman–Crippen LogP) is 4.95. The third-order valence-corrected chi connectivity index (χ3v) is 4.78. The van der Waals surface area contributed by atoms with E-state index >= 15 is 0 Å². The van der Waals surface area contributed by atoms with Crippen LogP contribution in [0, 0.1) is 5.82 Å². The van der Waals surface area contributed by atoms with Crippen molar-refractivity contribution in [2.75, 3.05) is 12.4 Å². The van der Waals surface area contributed by atoms with Crippen molar-refractivity contribution in [1.29, 1.82) is 0 Å². The molecule has 0 saturated carbocycles. The van der Waals surface area contributed by atoms with Crippen molar-refractivity contribution in [3.05, 3.63) is 78.1 Å². The lowest BCUT2D eigenvalue weighted by molar-refractivity contribution is -0.116. The van der Waals surface area contributed by atoms with Gasteiger partial charge in [-0.3, -0.25) is 9.89 Å². The van der Waals surface area contributed by atoms with Crippen LogP contribution in [0.1, 0.15) is 12.0 Å². The number of aromatic amines is 1. The highest BCUT2D eigenvalue weighted by Gasteiger charge is 2.13. The zero-order valence-electron chi connectivity index (χ0n) is 15.9. The fourth-order valence-electron chi connectivity index (χ4n) is 3.29. The first-order valence-electron chi connectivity index (χ1n) is 9.30. The van der Waals surface area contributed by atoms with Crippen molar-refractivity contribution < 1.29 is 13.9 Å². The molecule has 1 heterocycles. The van der Waals surface area contributed by atoms with Crippen molar-refractivity contribution in [3.63, 3.8) is 0 Å². The fraction of sp³-hybridized carbons (Fsp3) is 0.130. The van der Waals surface area contributed by atoms with Crippen LogP contribution >= 0.6 is 0 Å². The first-order chi connectivity index (χ1) is 14.1. The minimum Gasteiger partial charge on any atom is -0.496 e. The molecule has 4 aromatic rings. The number of carbonyl (C=O) groups is 1. The summed E-state index contributed by atoms with van der Waals surface area (Å²) in [5.41, 5.74) is 3.30. The Balaban J connectivity index is 1.53. The molecule has 1 amide bonds. The Morgan fingerprint density at radius 3 is 2.72 bits per heavy atom. The number of carbonyl (C=O) groups excluding carboxylic acids is 1. The van der Waals surface area contributed by atoms with E-state index in [0.29, 0.717) is 30.0 Å². The average Bonchev–Trinajstić information content (AvgIpc) is 3.15. The molecule has 0 spiro atoms. The van der Waals surface area contributed by atoms with Gasteiger partial charge < -0.3 is 10.1 Å². The zero-order valence-corrected chi connectivity index (χ0v) is 15.9. The lowest BCUT2D eigenvalue weighted by atomic mass is 10.0. The van der Waals surface area contributed by atoms with Crippen molar-refractivity contribution in [3.8, 4) is 16.9 Å². The van der Waals surface area contributed by atoms with Gasteiger partial charge in [0.05, 0.1) is 12.6 Å². The zero-order chi connectivity index (χ0) is 20.2. The third-order valence-electron chi connectivity index (χ3n) is 4.78. The number of anilines is 1. The van der Waals surface area contributed by atoms with Gasteiger partial charge in [0, 0.05) is 17.4 Å². The molecule has 0 radical (unpaired) electrons. The first kappa shape index (κ1) is 18.7. The second-order valence-electron chi connectivity index (χ2n) is 6.71. The number of aryl methyl sites for hydroxylation is 1. The number of aromatic nitrogens is 2. The second kappa shape index (κ2) is 8.14. The maximum Gasteiger partial charge on any atom is 0.225 e. The highest BCUT2D eigenvalue weighted by Crippen LogP contribution is 2.33. The smallest absolute Gasteiger partial charge is 0.225 e. The molecule has 6 heteroatoms. The van der Waals surface area contributed by atoms with Crippen LogP contribution in [0.5, 0.6) is 5.75 Å². The lowest BCUT2D eigenvalue weighted by Crippen LogP contribution is -2.12. The normalized spacial score (nSPS) is 10.8. The molecule has 0 fully saturated rings. The molecule has 0 unspecified atom stereocenters. The molecule has 0 aliphatic carbocycles. The summed E-state index contributed by atoms with van der Waals surface area (Å²) in [6.45, 7) is 0. The van der Waals surface area contributed by atoms with Gasteiger partial charge in [-0.05, 0) is 47.9 Å². The number of nitrogens with zero attached hydrogens (tertiary/aromatic N) is 1. The first-order valence-corrected chi connectivity index (χ1v) is 9.30. The van der Waals surface area contributed by atoms with Crippen LogP contribution in [0.4, 0.5) is 10.2 Å². The van der Waals surface area contributed by atoms with Gasteiger partial charge in [0.25, 0.3) is 0 Å². The second-order valence-corrected chi connectivity index (χ2v) is 6.71. The Bertz CT molecular complexity index is 1160. The highest BCUT2D eigenvalue weighted by atomic mass is 19.1. The number of H-pyrrole nitrogens is 1. The monoisotopic (exact) mass is 389 g/mol. The van der Waals surface area contributed by atoms with Gasteiger partial charge in [0.1, 0.15) is 11.6 Å². The number of halogens is 1. The fourth-order valence-corrected chi connectivity index (χ4v) is 3.29. The van der Waals surface area contributed by atoms with Crippen LogP contribution in [0.15, 0.2) is 66.7 Å². The summed E-state index contributed by atoms with van der Waals surface area (Å²) in [6.07, 6.45) is 1.04. The van der Waals surface area contributed by atoms with Gasteiger partial charge in [0.15, 0.2) is 5.82 Å². The average molecular weight is 389 g/mol. The number of benzene rings is 3. The van der Waals surface area contributed by atoms with E-state index in [1.165, 1.54) is 12.1 Å². The van der Waals surface area contributed by atoms with E-state index in [1.54, 1.807) is 13.2 Å². The largest absolute Gasteiger partial charge is 0.496 e. The number of fused-ring (bicyclic) bond motifs is 1. The summed E-state index contributed by atoms with van der Waals surface area (Å²) < 4.78 is 19.0. The van der Waals surface area contributed by atoms with Gasteiger partial charge in [-0.1, -0.05) is 36.4 Å². The van der Waals surface area contributed by atoms with E-state index in [0.717, 1.165) is 22.0 Å². The number of amides is 1. The predicted molar refractivity (Wildman–Crippen MR) is 111 cm³/mol. The van der Waals surface area contributed by atoms with Crippen molar-refractivity contribution in [2.45, 2.75) is 12.8 Å². The molecule has 5 nitrogen and oxygen atoms in total. The molecule has 0 bridgehead atoms. The van der Waals surface area contributed by atoms with Gasteiger partial charge in [-0.2, -0.15) is 5.10 Å². The molecule has 1 aromatic heterocycles. The van der Waals surface area contributed by atoms with E-state index in [1.807, 2.05) is 48.5 Å². The molecule has 3 aromatic carbocycles. The molecular weight excluding hydrogens is 369 g/mol. The Morgan fingerprint density at radius 1 is 1.10 bits per heavy atom. The Hall–Kier alpha value is -3.67. The molecular formula is C23H20FN3O2. The number of methoxy groups -OCH3 is 1. The van der Waals surface area contributed by atoms with E-state index < -0.39 is 0 Å². The SMILES string of the molecule is COc1ccc(F)cc1-c1ccc2c(NC(=O)CCc3ccccc3)n[nH]c2c1. The van der Waals surface area contributed by atoms with Gasteiger partial charge in [-0.25, -0.2) is 4.39 Å². The van der Waals surface area contributed by atoms with Crippen LogP contribution in [0.2, 0.25) is 0 Å². The Morgan fingerprint density at radius 2 is 1.93 bits per heavy atom. The molecule has 0 saturated heterocycles. The van der Waals surface area contributed by atoms with Gasteiger partial charge in [0.2, 0.25) is 5.91 Å². The van der Waals surface area contributed by atoms with Crippen molar-refractivity contribution in [1.82, 2.24) is 10.2 Å². The number of hydrogen-bond donors (Lipinski definition) is 2. The van der Waals surface area contributed by atoms with Crippen LogP contribution in [-0.4, -0.2) is 23.2 Å². The number of rotatable bonds is 6. The standard InChI is InChI=1S/C23H20FN3O2/c1-29-21-11-9-17(24)14-19(21)16-8-10-18-20(13-16)26-27-23(18)25-22(28)12-7-15-5-3-2-4-6-15/h2-6,8-11,13-14H,7,12H2,1H3,(H2,25,26,27,28). The highest BCUT2D eigenvalue weighted by molar-refractivity contribution is 6.00. The van der Waals surface area contributed by atoms with Gasteiger partial charge in [-0.15, -0.1) is 0 Å². The van der Waals surface area contributed by atoms with Crippen LogP contribution in [0.25, 0.3) is 22.0 Å². The summed E-state index contributed by atoms with van der Waals surface area (Å²) in [6, 6.07) is 19.8. The van der Waals surface area contributed by atoms with E-state index in [9.17, 15) is 9.18 Å². The minimum absolute atomic E-state index is 0.0990. The Labute approximate surface area is 167 Å². The van der Waals surface area contributed by atoms with Crippen LogP contribution in [-0.2, 0) is 11.2 Å². The summed E-state index contributed by atoms with van der Waals surface area (Å²) in [5, 5.41) is 10.8. The van der Waals surface area contributed by atoms with Gasteiger partial charge >= 0.3 is 0 Å².